The number of nitrogens with one attached hydrogen (secondary N) is 1. The van der Waals surface area contributed by atoms with Crippen LogP contribution in [0.4, 0.5) is 0 Å². The molecule has 4 rings (SSSR count). The molecule has 0 spiro atoms. The maximum atomic E-state index is 12.6. The number of aromatic nitrogens is 5. The molecular weight excluding hydrogens is 270 g/mol. The number of rotatable bonds is 2. The number of nitrogens with zero attached hydrogens (tertiary/aromatic N) is 4. The molecular formula is C14H13N5O2. The molecule has 1 fully saturated rings. The van der Waals surface area contributed by atoms with Gasteiger partial charge in [-0.1, -0.05) is 0 Å². The fourth-order valence-electron chi connectivity index (χ4n) is 2.72. The molecule has 0 bridgehead atoms. The normalized spacial score (nSPS) is 14.7. The van der Waals surface area contributed by atoms with Gasteiger partial charge in [-0.15, -0.1) is 0 Å². The Kier molecular flexibility index (Phi) is 2.38. The van der Waals surface area contributed by atoms with Crippen LogP contribution in [0.3, 0.4) is 0 Å². The molecule has 1 N–H and O–H groups in total. The average Bonchev–Trinajstić information content (AvgIpc) is 3.24. The summed E-state index contributed by atoms with van der Waals surface area (Å²) in [5.41, 5.74) is 0.913. The van der Waals surface area contributed by atoms with Crippen LogP contribution < -0.4 is 11.1 Å². The van der Waals surface area contributed by atoms with Crippen molar-refractivity contribution in [1.29, 1.82) is 0 Å². The summed E-state index contributed by atoms with van der Waals surface area (Å²) in [6.07, 6.45) is 5.12. The van der Waals surface area contributed by atoms with E-state index in [0.717, 1.165) is 12.8 Å². The molecule has 3 aromatic heterocycles. The zero-order valence-corrected chi connectivity index (χ0v) is 11.4. The van der Waals surface area contributed by atoms with E-state index in [1.807, 2.05) is 6.92 Å². The first-order valence-electron chi connectivity index (χ1n) is 6.81. The molecule has 7 nitrogen and oxygen atoms in total. The molecule has 0 atom stereocenters. The highest BCUT2D eigenvalue weighted by Crippen LogP contribution is 2.35. The molecule has 0 radical (unpaired) electrons. The van der Waals surface area contributed by atoms with E-state index in [4.69, 9.17) is 0 Å². The van der Waals surface area contributed by atoms with Gasteiger partial charge in [-0.25, -0.2) is 9.97 Å². The van der Waals surface area contributed by atoms with Crippen LogP contribution in [-0.2, 0) is 0 Å². The number of fused-ring (bicyclic) bond motifs is 1. The zero-order valence-electron chi connectivity index (χ0n) is 11.4. The molecule has 0 amide bonds. The first-order valence-corrected chi connectivity index (χ1v) is 6.81. The third kappa shape index (κ3) is 1.74. The van der Waals surface area contributed by atoms with Crippen LogP contribution in [0.5, 0.6) is 0 Å². The standard InChI is InChI=1S/C14H13N5O2/c1-8-12-10(7-11(20)18(8)9-3-4-9)17-19(13(12)21)14-15-5-2-6-16-14/h2,5-7,9,17H,3-4H2,1H3. The third-order valence-corrected chi connectivity index (χ3v) is 3.81. The minimum atomic E-state index is -0.233. The summed E-state index contributed by atoms with van der Waals surface area (Å²) in [4.78, 5) is 32.9. The van der Waals surface area contributed by atoms with Gasteiger partial charge in [0.15, 0.2) is 0 Å². The van der Waals surface area contributed by atoms with Gasteiger partial charge < -0.3 is 4.57 Å². The second-order valence-corrected chi connectivity index (χ2v) is 5.26. The van der Waals surface area contributed by atoms with Crippen molar-refractivity contribution in [2.45, 2.75) is 25.8 Å². The molecule has 3 aromatic rings. The summed E-state index contributed by atoms with van der Waals surface area (Å²) in [6.45, 7) is 1.81. The van der Waals surface area contributed by atoms with Crippen molar-refractivity contribution in [3.05, 3.63) is 50.9 Å². The Morgan fingerprint density at radius 3 is 2.62 bits per heavy atom. The van der Waals surface area contributed by atoms with Crippen LogP contribution >= 0.6 is 0 Å². The number of aromatic amines is 1. The van der Waals surface area contributed by atoms with E-state index in [1.165, 1.54) is 10.7 Å². The number of pyridine rings is 1. The van der Waals surface area contributed by atoms with Gasteiger partial charge in [-0.3, -0.25) is 14.7 Å². The van der Waals surface area contributed by atoms with E-state index in [0.29, 0.717) is 16.6 Å². The molecule has 1 saturated carbocycles. The Labute approximate surface area is 118 Å². The molecule has 0 aromatic carbocycles. The highest BCUT2D eigenvalue weighted by molar-refractivity contribution is 5.80. The molecule has 106 valence electrons. The number of aryl methyl sites for hydroxylation is 1. The Hall–Kier alpha value is -2.70. The quantitative estimate of drug-likeness (QED) is 0.757. The summed E-state index contributed by atoms with van der Waals surface area (Å²) in [6, 6.07) is 3.39. The van der Waals surface area contributed by atoms with Crippen molar-refractivity contribution in [2.24, 2.45) is 0 Å². The Morgan fingerprint density at radius 1 is 1.24 bits per heavy atom. The van der Waals surface area contributed by atoms with Crippen LogP contribution in [0.1, 0.15) is 24.6 Å². The monoisotopic (exact) mass is 283 g/mol. The Bertz CT molecular complexity index is 947. The van der Waals surface area contributed by atoms with Gasteiger partial charge >= 0.3 is 0 Å². The van der Waals surface area contributed by atoms with Gasteiger partial charge in [0.25, 0.3) is 17.1 Å². The summed E-state index contributed by atoms with van der Waals surface area (Å²) in [5, 5.41) is 3.44. The summed E-state index contributed by atoms with van der Waals surface area (Å²) in [5.74, 6) is 0.267. The van der Waals surface area contributed by atoms with Gasteiger partial charge in [-0.05, 0) is 25.8 Å². The molecule has 7 heteroatoms. The van der Waals surface area contributed by atoms with Crippen molar-refractivity contribution in [1.82, 2.24) is 24.3 Å². The molecule has 3 heterocycles. The van der Waals surface area contributed by atoms with E-state index < -0.39 is 0 Å². The van der Waals surface area contributed by atoms with E-state index in [2.05, 4.69) is 15.1 Å². The van der Waals surface area contributed by atoms with Crippen LogP contribution in [0, 0.1) is 6.92 Å². The zero-order chi connectivity index (χ0) is 14.6. The highest BCUT2D eigenvalue weighted by atomic mass is 16.1. The van der Waals surface area contributed by atoms with Crippen LogP contribution in [0.25, 0.3) is 16.9 Å². The van der Waals surface area contributed by atoms with Gasteiger partial charge in [0.05, 0.1) is 10.9 Å². The first-order chi connectivity index (χ1) is 10.2. The van der Waals surface area contributed by atoms with Crippen LogP contribution in [-0.4, -0.2) is 24.3 Å². The Morgan fingerprint density at radius 2 is 1.95 bits per heavy atom. The Balaban J connectivity index is 2.06. The van der Waals surface area contributed by atoms with Crippen LogP contribution in [0.15, 0.2) is 34.1 Å². The maximum absolute atomic E-state index is 12.6. The van der Waals surface area contributed by atoms with Crippen molar-refractivity contribution in [3.8, 4) is 5.95 Å². The molecule has 1 aliphatic rings. The molecule has 21 heavy (non-hydrogen) atoms. The van der Waals surface area contributed by atoms with E-state index >= 15 is 0 Å². The second-order valence-electron chi connectivity index (χ2n) is 5.26. The highest BCUT2D eigenvalue weighted by Gasteiger charge is 2.27. The summed E-state index contributed by atoms with van der Waals surface area (Å²) in [7, 11) is 0. The van der Waals surface area contributed by atoms with Crippen LogP contribution in [0.2, 0.25) is 0 Å². The fraction of sp³-hybridized carbons (Fsp3) is 0.286. The molecule has 0 saturated heterocycles. The van der Waals surface area contributed by atoms with Gasteiger partial charge in [0.1, 0.15) is 0 Å². The molecule has 0 unspecified atom stereocenters. The molecule has 1 aliphatic carbocycles. The minimum Gasteiger partial charge on any atom is -0.309 e. The average molecular weight is 283 g/mol. The summed E-state index contributed by atoms with van der Waals surface area (Å²) < 4.78 is 2.99. The topological polar surface area (TPSA) is 85.6 Å². The fourth-order valence-corrected chi connectivity index (χ4v) is 2.72. The van der Waals surface area contributed by atoms with E-state index in [1.54, 1.807) is 23.0 Å². The minimum absolute atomic E-state index is 0.0788. The number of hydrogen-bond acceptors (Lipinski definition) is 4. The van der Waals surface area contributed by atoms with E-state index in [9.17, 15) is 9.59 Å². The lowest BCUT2D eigenvalue weighted by Crippen LogP contribution is -2.22. The molecule has 0 aliphatic heterocycles. The largest absolute Gasteiger partial charge is 0.309 e. The second kappa shape index (κ2) is 4.15. The SMILES string of the molecule is Cc1c2c(=O)n(-c3ncccn3)[nH]c2cc(=O)n1C1CC1. The lowest BCUT2D eigenvalue weighted by molar-refractivity contribution is 0.689. The first kappa shape index (κ1) is 12.1. The van der Waals surface area contributed by atoms with Gasteiger partial charge in [0.2, 0.25) is 0 Å². The summed E-state index contributed by atoms with van der Waals surface area (Å²) >= 11 is 0. The van der Waals surface area contributed by atoms with Crippen molar-refractivity contribution in [3.63, 3.8) is 0 Å². The smallest absolute Gasteiger partial charge is 0.283 e. The van der Waals surface area contributed by atoms with Gasteiger partial charge in [-0.2, -0.15) is 4.68 Å². The van der Waals surface area contributed by atoms with Crippen molar-refractivity contribution < 1.29 is 0 Å². The number of H-pyrrole nitrogens is 1. The van der Waals surface area contributed by atoms with E-state index in [-0.39, 0.29) is 23.1 Å². The maximum Gasteiger partial charge on any atom is 0.283 e. The third-order valence-electron chi connectivity index (χ3n) is 3.81. The lowest BCUT2D eigenvalue weighted by Gasteiger charge is -2.07. The number of hydrogen-bond donors (Lipinski definition) is 1. The predicted octanol–water partition coefficient (Wildman–Crippen LogP) is 0.914. The van der Waals surface area contributed by atoms with Crippen molar-refractivity contribution in [2.75, 3.05) is 0 Å². The van der Waals surface area contributed by atoms with Crippen molar-refractivity contribution >= 4 is 10.9 Å². The lowest BCUT2D eigenvalue weighted by atomic mass is 10.2. The van der Waals surface area contributed by atoms with Gasteiger partial charge in [0, 0.05) is 30.2 Å². The predicted molar refractivity (Wildman–Crippen MR) is 76.8 cm³/mol.